The number of amides is 1. The predicted molar refractivity (Wildman–Crippen MR) is 132 cm³/mol. The van der Waals surface area contributed by atoms with Crippen LogP contribution in [-0.2, 0) is 12.8 Å². The molecule has 6 rings (SSSR count). The minimum Gasteiger partial charge on any atom is -0.504 e. The van der Waals surface area contributed by atoms with Crippen molar-refractivity contribution in [3.8, 4) is 17.6 Å². The number of carbonyl (C=O) groups is 1. The first-order valence-electron chi connectivity index (χ1n) is 13.1. The first-order valence-corrected chi connectivity index (χ1v) is 13.1. The van der Waals surface area contributed by atoms with E-state index in [4.69, 9.17) is 4.74 Å². The summed E-state index contributed by atoms with van der Waals surface area (Å²) >= 11 is 0. The van der Waals surface area contributed by atoms with E-state index in [9.17, 15) is 20.3 Å². The van der Waals surface area contributed by atoms with Crippen molar-refractivity contribution in [3.05, 3.63) is 52.8 Å². The molecule has 2 fully saturated rings. The fraction of sp³-hybridized carbons (Fsp3) is 0.536. The summed E-state index contributed by atoms with van der Waals surface area (Å²) in [5, 5.41) is 35.4. The molecule has 3 heterocycles. The van der Waals surface area contributed by atoms with Crippen molar-refractivity contribution < 1.29 is 19.7 Å². The molecule has 8 nitrogen and oxygen atoms in total. The van der Waals surface area contributed by atoms with E-state index >= 15 is 0 Å². The molecule has 2 aliphatic carbocycles. The lowest BCUT2D eigenvalue weighted by atomic mass is 9.73. The number of phenolic OH excluding ortho intramolecular Hbond substituents is 1. The van der Waals surface area contributed by atoms with Crippen LogP contribution in [0.3, 0.4) is 0 Å². The Bertz CT molecular complexity index is 1220. The standard InChI is InChI=1S/C28H32N4O4/c29-14-19-15-30-10-8-21(19)27(34)31-22-7-9-28(35)13-24(22)36-26-20-2-1-11-32(16-17-3-4-17)25(28)12-18(20)5-6-23(26)33/h5-6,8,10,15,17,22,24-25,33,35H,1-4,7,9,11-13,16H2,(H,31,34)/t22-,24-,25-,28+/m1/s1. The topological polar surface area (TPSA) is 119 Å². The highest BCUT2D eigenvalue weighted by Crippen LogP contribution is 2.45. The largest absolute Gasteiger partial charge is 0.504 e. The SMILES string of the molecule is N#Cc1cnccc1C(=O)N[C@@H]1CC[C@]2(O)C[C@H]1Oc1c(O)ccc3c1CCCN(CC1CC1)[C@@H]2C3. The Morgan fingerprint density at radius 2 is 2.17 bits per heavy atom. The average molecular weight is 489 g/mol. The van der Waals surface area contributed by atoms with E-state index in [1.54, 1.807) is 12.1 Å². The summed E-state index contributed by atoms with van der Waals surface area (Å²) in [6, 6.07) is 6.84. The second kappa shape index (κ2) is 9.06. The van der Waals surface area contributed by atoms with E-state index in [1.807, 2.05) is 12.1 Å². The lowest BCUT2D eigenvalue weighted by Gasteiger charge is -2.48. The van der Waals surface area contributed by atoms with Crippen LogP contribution in [0.25, 0.3) is 0 Å². The van der Waals surface area contributed by atoms with Gasteiger partial charge in [-0.15, -0.1) is 0 Å². The van der Waals surface area contributed by atoms with E-state index in [0.717, 1.165) is 43.5 Å². The van der Waals surface area contributed by atoms with Gasteiger partial charge in [-0.05, 0) is 75.1 Å². The van der Waals surface area contributed by atoms with Gasteiger partial charge in [0.2, 0.25) is 0 Å². The number of benzene rings is 1. The zero-order valence-electron chi connectivity index (χ0n) is 20.3. The Balaban J connectivity index is 1.36. The fourth-order valence-electron chi connectivity index (χ4n) is 6.44. The molecule has 36 heavy (non-hydrogen) atoms. The molecule has 1 amide bonds. The van der Waals surface area contributed by atoms with Gasteiger partial charge < -0.3 is 20.3 Å². The zero-order valence-corrected chi connectivity index (χ0v) is 20.3. The van der Waals surface area contributed by atoms with Crippen molar-refractivity contribution in [1.82, 2.24) is 15.2 Å². The summed E-state index contributed by atoms with van der Waals surface area (Å²) in [5.41, 5.74) is 1.67. The number of hydrogen-bond acceptors (Lipinski definition) is 7. The third-order valence-corrected chi connectivity index (χ3v) is 8.54. The maximum atomic E-state index is 13.2. The van der Waals surface area contributed by atoms with Crippen LogP contribution in [-0.4, -0.2) is 62.9 Å². The third-order valence-electron chi connectivity index (χ3n) is 8.54. The smallest absolute Gasteiger partial charge is 0.253 e. The molecule has 2 aliphatic heterocycles. The molecule has 1 aromatic heterocycles. The molecule has 2 aromatic rings. The van der Waals surface area contributed by atoms with Crippen molar-refractivity contribution in [2.24, 2.45) is 5.92 Å². The number of rotatable bonds is 4. The van der Waals surface area contributed by atoms with E-state index in [0.29, 0.717) is 30.9 Å². The second-order valence-corrected chi connectivity index (χ2v) is 10.9. The quantitative estimate of drug-likeness (QED) is 0.605. The predicted octanol–water partition coefficient (Wildman–Crippen LogP) is 2.70. The summed E-state index contributed by atoms with van der Waals surface area (Å²) in [5.74, 6) is 0.941. The highest BCUT2D eigenvalue weighted by Gasteiger charge is 2.50. The molecular weight excluding hydrogens is 456 g/mol. The number of nitriles is 1. The summed E-state index contributed by atoms with van der Waals surface area (Å²) in [7, 11) is 0. The number of aromatic nitrogens is 1. The molecule has 3 N–H and O–H groups in total. The van der Waals surface area contributed by atoms with E-state index in [-0.39, 0.29) is 34.9 Å². The molecule has 0 unspecified atom stereocenters. The number of aliphatic hydroxyl groups is 1. The van der Waals surface area contributed by atoms with Crippen LogP contribution in [0.2, 0.25) is 0 Å². The number of nitrogens with one attached hydrogen (secondary N) is 1. The van der Waals surface area contributed by atoms with Crippen LogP contribution in [0.4, 0.5) is 0 Å². The number of pyridine rings is 1. The summed E-state index contributed by atoms with van der Waals surface area (Å²) in [6.45, 7) is 1.93. The van der Waals surface area contributed by atoms with Crippen LogP contribution in [0.1, 0.15) is 65.6 Å². The van der Waals surface area contributed by atoms with Crippen molar-refractivity contribution in [3.63, 3.8) is 0 Å². The number of phenols is 1. The highest BCUT2D eigenvalue weighted by atomic mass is 16.5. The molecule has 8 heteroatoms. The number of hydrogen-bond donors (Lipinski definition) is 3. The number of carbonyl (C=O) groups excluding carboxylic acids is 1. The number of aromatic hydroxyl groups is 1. The molecule has 188 valence electrons. The number of fused-ring (bicyclic) bond motifs is 4. The first-order chi connectivity index (χ1) is 17.4. The van der Waals surface area contributed by atoms with Crippen LogP contribution in [0.15, 0.2) is 30.6 Å². The van der Waals surface area contributed by atoms with Gasteiger partial charge in [0, 0.05) is 37.0 Å². The molecule has 0 spiro atoms. The van der Waals surface area contributed by atoms with Crippen LogP contribution in [0.5, 0.6) is 11.5 Å². The fourth-order valence-corrected chi connectivity index (χ4v) is 6.44. The van der Waals surface area contributed by atoms with Gasteiger partial charge in [0.1, 0.15) is 12.2 Å². The normalized spacial score (nSPS) is 29.5. The minimum absolute atomic E-state index is 0.0409. The molecule has 1 aromatic carbocycles. The molecule has 0 saturated heterocycles. The maximum absolute atomic E-state index is 13.2. The van der Waals surface area contributed by atoms with Gasteiger partial charge >= 0.3 is 0 Å². The van der Waals surface area contributed by atoms with Gasteiger partial charge in [0.15, 0.2) is 11.5 Å². The Morgan fingerprint density at radius 1 is 1.31 bits per heavy atom. The second-order valence-electron chi connectivity index (χ2n) is 10.9. The van der Waals surface area contributed by atoms with Gasteiger partial charge in [0.25, 0.3) is 5.91 Å². The van der Waals surface area contributed by atoms with Crippen molar-refractivity contribution in [2.75, 3.05) is 13.1 Å². The van der Waals surface area contributed by atoms with Gasteiger partial charge in [-0.2, -0.15) is 5.26 Å². The van der Waals surface area contributed by atoms with Crippen molar-refractivity contribution >= 4 is 5.91 Å². The van der Waals surface area contributed by atoms with Gasteiger partial charge in [-0.3, -0.25) is 14.7 Å². The summed E-state index contributed by atoms with van der Waals surface area (Å²) in [4.78, 5) is 19.6. The molecule has 0 radical (unpaired) electrons. The Labute approximate surface area is 210 Å². The molecule has 2 saturated carbocycles. The van der Waals surface area contributed by atoms with E-state index in [2.05, 4.69) is 15.2 Å². The lowest BCUT2D eigenvalue weighted by molar-refractivity contribution is -0.103. The zero-order chi connectivity index (χ0) is 24.9. The summed E-state index contributed by atoms with van der Waals surface area (Å²) in [6.07, 6.45) is 8.80. The minimum atomic E-state index is -0.966. The van der Waals surface area contributed by atoms with Gasteiger partial charge in [-0.25, -0.2) is 0 Å². The molecule has 6 bridgehead atoms. The first kappa shape index (κ1) is 23.3. The van der Waals surface area contributed by atoms with E-state index in [1.165, 1.54) is 25.2 Å². The van der Waals surface area contributed by atoms with Crippen LogP contribution in [0, 0.1) is 17.2 Å². The van der Waals surface area contributed by atoms with Gasteiger partial charge in [0.05, 0.1) is 22.8 Å². The van der Waals surface area contributed by atoms with Crippen LogP contribution >= 0.6 is 0 Å². The molecular formula is C28H32N4O4. The van der Waals surface area contributed by atoms with E-state index < -0.39 is 11.7 Å². The number of nitrogens with zero attached hydrogens (tertiary/aromatic N) is 3. The summed E-state index contributed by atoms with van der Waals surface area (Å²) < 4.78 is 6.52. The molecule has 4 aliphatic rings. The van der Waals surface area contributed by atoms with Crippen LogP contribution < -0.4 is 10.1 Å². The van der Waals surface area contributed by atoms with Gasteiger partial charge in [-0.1, -0.05) is 6.07 Å². The van der Waals surface area contributed by atoms with Crippen molar-refractivity contribution in [2.45, 2.75) is 75.2 Å². The maximum Gasteiger partial charge on any atom is 0.253 e. The highest BCUT2D eigenvalue weighted by molar-refractivity contribution is 5.96. The average Bonchev–Trinajstić information content (AvgIpc) is 3.68. The monoisotopic (exact) mass is 488 g/mol. The molecule has 4 atom stereocenters. The number of ether oxygens (including phenoxy) is 1. The van der Waals surface area contributed by atoms with Crippen molar-refractivity contribution in [1.29, 1.82) is 5.26 Å². The Hall–Kier alpha value is -3.15. The lowest BCUT2D eigenvalue weighted by Crippen LogP contribution is -2.62. The Kier molecular flexibility index (Phi) is 5.85. The Morgan fingerprint density at radius 3 is 2.97 bits per heavy atom. The third kappa shape index (κ3) is 4.21.